The second kappa shape index (κ2) is 14.2. The van der Waals surface area contributed by atoms with E-state index >= 15 is 0 Å². The molecule has 32 heavy (non-hydrogen) atoms. The minimum absolute atomic E-state index is 0.00805. The van der Waals surface area contributed by atoms with Gasteiger partial charge < -0.3 is 14.6 Å². The molecule has 3 unspecified atom stereocenters. The molecule has 0 bridgehead atoms. The predicted octanol–water partition coefficient (Wildman–Crippen LogP) is 4.58. The molecule has 1 fully saturated rings. The Labute approximate surface area is 202 Å². The number of phenolic OH excluding ortho intramolecular Hbond substituents is 1. The Hall–Kier alpha value is -1.19. The van der Waals surface area contributed by atoms with Crippen LogP contribution in [0.1, 0.15) is 62.4 Å². The molecule has 2 rings (SSSR count). The molecule has 3 atom stereocenters. The van der Waals surface area contributed by atoms with E-state index in [0.29, 0.717) is 70.7 Å². The van der Waals surface area contributed by atoms with Gasteiger partial charge in [0, 0.05) is 45.3 Å². The molecule has 6 nitrogen and oxygen atoms in total. The first-order valence-electron chi connectivity index (χ1n) is 11.1. The first-order valence-corrected chi connectivity index (χ1v) is 14.6. The van der Waals surface area contributed by atoms with Crippen LogP contribution in [-0.2, 0) is 26.8 Å². The summed E-state index contributed by atoms with van der Waals surface area (Å²) in [5.41, 5.74) is 0.976. The van der Waals surface area contributed by atoms with Gasteiger partial charge in [-0.25, -0.2) is 0 Å². The van der Waals surface area contributed by atoms with E-state index in [-0.39, 0.29) is 17.5 Å². The summed E-state index contributed by atoms with van der Waals surface area (Å²) in [4.78, 5) is 23.2. The maximum absolute atomic E-state index is 12.5. The van der Waals surface area contributed by atoms with Gasteiger partial charge in [-0.15, -0.1) is 23.5 Å². The average molecular weight is 503 g/mol. The number of benzene rings is 1. The monoisotopic (exact) mass is 502 g/mol. The van der Waals surface area contributed by atoms with Crippen molar-refractivity contribution in [1.82, 2.24) is 0 Å². The Balaban J connectivity index is 1.72. The lowest BCUT2D eigenvalue weighted by molar-refractivity contribution is -0.143. The number of carbonyl (C=O) groups is 2. The van der Waals surface area contributed by atoms with Crippen LogP contribution in [0, 0.1) is 0 Å². The van der Waals surface area contributed by atoms with Gasteiger partial charge in [-0.1, -0.05) is 13.3 Å². The second-order valence-electron chi connectivity index (χ2n) is 7.62. The highest BCUT2D eigenvalue weighted by Gasteiger charge is 2.27. The SMILES string of the molecule is CCCc1c(OCCCS(=O)CC2CSC(CCC(=O)OCC)S2)ccc(C(C)=O)c1O. The van der Waals surface area contributed by atoms with Gasteiger partial charge in [0.05, 0.1) is 23.4 Å². The van der Waals surface area contributed by atoms with Crippen LogP contribution in [0.5, 0.6) is 11.5 Å². The van der Waals surface area contributed by atoms with Gasteiger partial charge in [0.15, 0.2) is 5.78 Å². The fraction of sp³-hybridized carbons (Fsp3) is 0.652. The van der Waals surface area contributed by atoms with Crippen LogP contribution in [0.15, 0.2) is 12.1 Å². The van der Waals surface area contributed by atoms with Gasteiger partial charge in [0.2, 0.25) is 0 Å². The highest BCUT2D eigenvalue weighted by molar-refractivity contribution is 8.20. The molecule has 0 spiro atoms. The lowest BCUT2D eigenvalue weighted by Crippen LogP contribution is -2.17. The Bertz CT molecular complexity index is 798. The average Bonchev–Trinajstić information content (AvgIpc) is 3.19. The maximum Gasteiger partial charge on any atom is 0.305 e. The highest BCUT2D eigenvalue weighted by atomic mass is 32.2. The minimum Gasteiger partial charge on any atom is -0.507 e. The number of hydrogen-bond donors (Lipinski definition) is 1. The number of ketones is 1. The van der Waals surface area contributed by atoms with Crippen molar-refractivity contribution in [3.8, 4) is 11.5 Å². The molecule has 1 heterocycles. The summed E-state index contributed by atoms with van der Waals surface area (Å²) in [5.74, 6) is 2.46. The number of rotatable bonds is 14. The zero-order valence-electron chi connectivity index (χ0n) is 19.1. The van der Waals surface area contributed by atoms with Crippen molar-refractivity contribution in [2.24, 2.45) is 0 Å². The van der Waals surface area contributed by atoms with Gasteiger partial charge >= 0.3 is 5.97 Å². The topological polar surface area (TPSA) is 89.9 Å². The van der Waals surface area contributed by atoms with Crippen molar-refractivity contribution in [3.05, 3.63) is 23.3 Å². The summed E-state index contributed by atoms with van der Waals surface area (Å²) < 4.78 is 23.7. The summed E-state index contributed by atoms with van der Waals surface area (Å²) in [6.07, 6.45) is 3.34. The fourth-order valence-corrected chi connectivity index (χ4v) is 8.58. The van der Waals surface area contributed by atoms with Crippen molar-refractivity contribution in [2.45, 2.75) is 62.7 Å². The van der Waals surface area contributed by atoms with E-state index in [1.165, 1.54) is 6.92 Å². The normalized spacial score (nSPS) is 19.0. The largest absolute Gasteiger partial charge is 0.507 e. The summed E-state index contributed by atoms with van der Waals surface area (Å²) in [6.45, 7) is 6.08. The van der Waals surface area contributed by atoms with Crippen molar-refractivity contribution >= 4 is 46.1 Å². The quantitative estimate of drug-likeness (QED) is 0.225. The van der Waals surface area contributed by atoms with Crippen LogP contribution in [0.25, 0.3) is 0 Å². The van der Waals surface area contributed by atoms with Crippen LogP contribution in [0.2, 0.25) is 0 Å². The standard InChI is InChI=1S/C23H34O6S3/c1-4-7-19-20(9-8-18(16(3)24)23(19)26)29-12-6-13-32(27)15-17-14-30-22(31-17)11-10-21(25)28-5-2/h8-9,17,22,26H,4-7,10-15H2,1-3H3. The number of Topliss-reactive ketones (excluding diaryl/α,β-unsaturated/α-hetero) is 1. The zero-order chi connectivity index (χ0) is 23.5. The Morgan fingerprint density at radius 1 is 1.28 bits per heavy atom. The molecular formula is C23H34O6S3. The van der Waals surface area contributed by atoms with Gasteiger partial charge in [0.25, 0.3) is 0 Å². The third-order valence-electron chi connectivity index (χ3n) is 4.97. The Morgan fingerprint density at radius 3 is 2.75 bits per heavy atom. The number of ether oxygens (including phenoxy) is 2. The number of carbonyl (C=O) groups excluding carboxylic acids is 2. The molecule has 0 aromatic heterocycles. The van der Waals surface area contributed by atoms with Crippen LogP contribution in [0.4, 0.5) is 0 Å². The Kier molecular flexibility index (Phi) is 12.0. The summed E-state index contributed by atoms with van der Waals surface area (Å²) in [7, 11) is -0.921. The van der Waals surface area contributed by atoms with Gasteiger partial charge in [-0.2, -0.15) is 0 Å². The first-order chi connectivity index (χ1) is 15.3. The Morgan fingerprint density at radius 2 is 2.06 bits per heavy atom. The molecule has 0 radical (unpaired) electrons. The lowest BCUT2D eigenvalue weighted by Gasteiger charge is -2.15. The fourth-order valence-electron chi connectivity index (χ4n) is 3.44. The second-order valence-corrected chi connectivity index (χ2v) is 12.3. The number of aromatic hydroxyl groups is 1. The minimum atomic E-state index is -0.921. The highest BCUT2D eigenvalue weighted by Crippen LogP contribution is 2.40. The van der Waals surface area contributed by atoms with Crippen LogP contribution in [0.3, 0.4) is 0 Å². The number of esters is 1. The maximum atomic E-state index is 12.5. The summed E-state index contributed by atoms with van der Waals surface area (Å²) >= 11 is 3.66. The molecule has 9 heteroatoms. The van der Waals surface area contributed by atoms with Crippen LogP contribution >= 0.6 is 23.5 Å². The molecule has 1 aromatic carbocycles. The van der Waals surface area contributed by atoms with E-state index in [2.05, 4.69) is 0 Å². The lowest BCUT2D eigenvalue weighted by atomic mass is 10.0. The smallest absolute Gasteiger partial charge is 0.305 e. The summed E-state index contributed by atoms with van der Waals surface area (Å²) in [6, 6.07) is 3.33. The molecule has 1 aliphatic rings. The van der Waals surface area contributed by atoms with E-state index in [1.807, 2.05) is 37.4 Å². The van der Waals surface area contributed by atoms with Crippen molar-refractivity contribution in [3.63, 3.8) is 0 Å². The third kappa shape index (κ3) is 8.63. The molecule has 1 aromatic rings. The molecule has 1 aliphatic heterocycles. The molecule has 0 saturated carbocycles. The van der Waals surface area contributed by atoms with E-state index in [1.54, 1.807) is 12.1 Å². The summed E-state index contributed by atoms with van der Waals surface area (Å²) in [5, 5.41) is 10.8. The zero-order valence-corrected chi connectivity index (χ0v) is 21.5. The van der Waals surface area contributed by atoms with Crippen LogP contribution in [-0.4, -0.2) is 61.4 Å². The van der Waals surface area contributed by atoms with E-state index in [0.717, 1.165) is 18.6 Å². The van der Waals surface area contributed by atoms with E-state index in [4.69, 9.17) is 9.47 Å². The molecule has 1 N–H and O–H groups in total. The molecule has 0 amide bonds. The van der Waals surface area contributed by atoms with Gasteiger partial charge in [-0.3, -0.25) is 13.8 Å². The third-order valence-corrected chi connectivity index (χ3v) is 10.1. The number of phenols is 1. The number of thioether (sulfide) groups is 2. The predicted molar refractivity (Wildman–Crippen MR) is 134 cm³/mol. The molecule has 180 valence electrons. The van der Waals surface area contributed by atoms with Crippen molar-refractivity contribution in [1.29, 1.82) is 0 Å². The van der Waals surface area contributed by atoms with E-state index in [9.17, 15) is 18.9 Å². The van der Waals surface area contributed by atoms with E-state index < -0.39 is 10.8 Å². The van der Waals surface area contributed by atoms with Gasteiger partial charge in [0.1, 0.15) is 11.5 Å². The van der Waals surface area contributed by atoms with Crippen molar-refractivity contribution < 1.29 is 28.4 Å². The van der Waals surface area contributed by atoms with Crippen molar-refractivity contribution in [2.75, 3.05) is 30.5 Å². The number of hydrogen-bond acceptors (Lipinski definition) is 8. The van der Waals surface area contributed by atoms with Crippen LogP contribution < -0.4 is 4.74 Å². The van der Waals surface area contributed by atoms with Gasteiger partial charge in [-0.05, 0) is 45.2 Å². The first kappa shape index (κ1) is 27.1. The molecular weight excluding hydrogens is 468 g/mol. The molecule has 0 aliphatic carbocycles. The molecule has 1 saturated heterocycles.